The average molecular weight is 464 g/mol. The molecule has 3 rings (SSSR count). The molecule has 0 unspecified atom stereocenters. The Morgan fingerprint density at radius 1 is 1.07 bits per heavy atom. The lowest BCUT2D eigenvalue weighted by molar-refractivity contribution is -0.137. The number of amides is 1. The number of aryl methyl sites for hydroxylation is 1. The molecule has 0 radical (unpaired) electrons. The predicted octanol–water partition coefficient (Wildman–Crippen LogP) is 6.54. The Balaban J connectivity index is 1.81. The number of nitrogens with one attached hydrogen (secondary N) is 1. The van der Waals surface area contributed by atoms with E-state index >= 15 is 0 Å². The van der Waals surface area contributed by atoms with Crippen molar-refractivity contribution in [1.29, 1.82) is 0 Å². The molecule has 0 saturated carbocycles. The van der Waals surface area contributed by atoms with Gasteiger partial charge in [-0.15, -0.1) is 0 Å². The highest BCUT2D eigenvalue weighted by atomic mass is 35.5. The van der Waals surface area contributed by atoms with Crippen LogP contribution in [-0.2, 0) is 11.0 Å². The zero-order valence-electron chi connectivity index (χ0n) is 14.7. The van der Waals surface area contributed by atoms with E-state index in [1.165, 1.54) is 6.07 Å². The maximum atomic E-state index is 12.9. The number of carbonyl (C=O) groups is 1. The topological polar surface area (TPSA) is 51.2 Å². The van der Waals surface area contributed by atoms with E-state index in [0.29, 0.717) is 21.6 Å². The molecule has 1 heterocycles. The number of aromatic nitrogens is 1. The second kappa shape index (κ2) is 8.26. The SMILES string of the molecule is Cc1ccc2c(Cl)cc(Cl)c(OCC(=O)Nc3cc(C(F)(F)F)ccc3Cl)c2n1. The lowest BCUT2D eigenvalue weighted by atomic mass is 10.2. The van der Waals surface area contributed by atoms with Gasteiger partial charge in [0.2, 0.25) is 0 Å². The maximum Gasteiger partial charge on any atom is 0.416 e. The van der Waals surface area contributed by atoms with Gasteiger partial charge in [-0.25, -0.2) is 4.98 Å². The Bertz CT molecular complexity index is 1100. The van der Waals surface area contributed by atoms with E-state index in [4.69, 9.17) is 39.5 Å². The number of alkyl halides is 3. The van der Waals surface area contributed by atoms with Crippen molar-refractivity contribution in [3.8, 4) is 5.75 Å². The summed E-state index contributed by atoms with van der Waals surface area (Å²) in [6.07, 6.45) is -4.57. The van der Waals surface area contributed by atoms with Crippen LogP contribution < -0.4 is 10.1 Å². The second-order valence-electron chi connectivity index (χ2n) is 6.05. The molecule has 0 aliphatic carbocycles. The second-order valence-corrected chi connectivity index (χ2v) is 7.27. The van der Waals surface area contributed by atoms with Gasteiger partial charge in [0.15, 0.2) is 12.4 Å². The summed E-state index contributed by atoms with van der Waals surface area (Å²) in [6.45, 7) is 1.24. The highest BCUT2D eigenvalue weighted by Gasteiger charge is 2.31. The summed E-state index contributed by atoms with van der Waals surface area (Å²) >= 11 is 18.2. The molecule has 1 amide bonds. The van der Waals surface area contributed by atoms with Crippen molar-refractivity contribution in [2.75, 3.05) is 11.9 Å². The van der Waals surface area contributed by atoms with Crippen molar-refractivity contribution in [2.45, 2.75) is 13.1 Å². The number of anilines is 1. The number of fused-ring (bicyclic) bond motifs is 1. The third-order valence-electron chi connectivity index (χ3n) is 3.89. The Morgan fingerprint density at radius 2 is 1.79 bits per heavy atom. The minimum Gasteiger partial charge on any atom is -0.480 e. The van der Waals surface area contributed by atoms with Gasteiger partial charge in [0, 0.05) is 11.1 Å². The molecule has 0 atom stereocenters. The van der Waals surface area contributed by atoms with Gasteiger partial charge in [-0.2, -0.15) is 13.2 Å². The van der Waals surface area contributed by atoms with Crippen LogP contribution in [0.2, 0.25) is 15.1 Å². The molecule has 0 aliphatic heterocycles. The molecular formula is C19H12Cl3F3N2O2. The molecule has 0 bridgehead atoms. The summed E-state index contributed by atoms with van der Waals surface area (Å²) in [5.74, 6) is -0.585. The van der Waals surface area contributed by atoms with E-state index in [1.807, 2.05) is 0 Å². The predicted molar refractivity (Wildman–Crippen MR) is 107 cm³/mol. The van der Waals surface area contributed by atoms with Gasteiger partial charge >= 0.3 is 6.18 Å². The normalized spacial score (nSPS) is 11.6. The van der Waals surface area contributed by atoms with E-state index in [1.54, 1.807) is 19.1 Å². The van der Waals surface area contributed by atoms with E-state index in [-0.39, 0.29) is 21.5 Å². The first-order valence-corrected chi connectivity index (χ1v) is 9.24. The van der Waals surface area contributed by atoms with Crippen molar-refractivity contribution >= 4 is 57.3 Å². The molecule has 10 heteroatoms. The van der Waals surface area contributed by atoms with Crippen molar-refractivity contribution in [3.05, 3.63) is 62.7 Å². The van der Waals surface area contributed by atoms with Gasteiger partial charge < -0.3 is 10.1 Å². The van der Waals surface area contributed by atoms with E-state index in [0.717, 1.165) is 18.2 Å². The number of benzene rings is 2. The van der Waals surface area contributed by atoms with Gasteiger partial charge in [-0.05, 0) is 43.3 Å². The number of pyridine rings is 1. The fourth-order valence-corrected chi connectivity index (χ4v) is 3.28. The van der Waals surface area contributed by atoms with Crippen LogP contribution in [0.4, 0.5) is 18.9 Å². The third kappa shape index (κ3) is 4.86. The standard InChI is InChI=1S/C19H12Cl3F3N2O2/c1-9-2-4-11-13(21)7-14(22)18(17(11)26-9)29-8-16(28)27-15-6-10(19(23,24)25)3-5-12(15)20/h2-7H,8H2,1H3,(H,27,28). The van der Waals surface area contributed by atoms with Crippen molar-refractivity contribution in [1.82, 2.24) is 4.98 Å². The minimum atomic E-state index is -4.57. The molecule has 2 aromatic carbocycles. The molecule has 1 aromatic heterocycles. The summed E-state index contributed by atoms with van der Waals surface area (Å²) in [5, 5.41) is 3.35. The zero-order valence-corrected chi connectivity index (χ0v) is 17.0. The molecule has 4 nitrogen and oxygen atoms in total. The fourth-order valence-electron chi connectivity index (χ4n) is 2.55. The first-order valence-electron chi connectivity index (χ1n) is 8.11. The largest absolute Gasteiger partial charge is 0.480 e. The van der Waals surface area contributed by atoms with Crippen molar-refractivity contribution in [3.63, 3.8) is 0 Å². The Kier molecular flexibility index (Phi) is 6.12. The number of ether oxygens (including phenoxy) is 1. The highest BCUT2D eigenvalue weighted by molar-refractivity contribution is 6.39. The first-order chi connectivity index (χ1) is 13.6. The summed E-state index contributed by atoms with van der Waals surface area (Å²) in [6, 6.07) is 7.58. The molecule has 0 spiro atoms. The van der Waals surface area contributed by atoms with Gasteiger partial charge in [0.25, 0.3) is 5.91 Å². The van der Waals surface area contributed by atoms with Crippen LogP contribution >= 0.6 is 34.8 Å². The number of carbonyl (C=O) groups excluding carboxylic acids is 1. The molecule has 3 aromatic rings. The lowest BCUT2D eigenvalue weighted by Gasteiger charge is -2.14. The minimum absolute atomic E-state index is 0.0429. The van der Waals surface area contributed by atoms with Gasteiger partial charge in [-0.3, -0.25) is 4.79 Å². The van der Waals surface area contributed by atoms with Crippen LogP contribution in [-0.4, -0.2) is 17.5 Å². The fraction of sp³-hybridized carbons (Fsp3) is 0.158. The maximum absolute atomic E-state index is 12.9. The Hall–Kier alpha value is -2.22. The smallest absolute Gasteiger partial charge is 0.416 e. The van der Waals surface area contributed by atoms with Crippen LogP contribution in [0.25, 0.3) is 10.9 Å². The third-order valence-corrected chi connectivity index (χ3v) is 4.82. The van der Waals surface area contributed by atoms with Crippen LogP contribution in [0.15, 0.2) is 36.4 Å². The van der Waals surface area contributed by atoms with Gasteiger partial charge in [-0.1, -0.05) is 34.8 Å². The van der Waals surface area contributed by atoms with E-state index < -0.39 is 24.3 Å². The number of rotatable bonds is 4. The molecule has 29 heavy (non-hydrogen) atoms. The number of hydrogen-bond donors (Lipinski definition) is 1. The monoisotopic (exact) mass is 462 g/mol. The van der Waals surface area contributed by atoms with Crippen LogP contribution in [0, 0.1) is 6.92 Å². The van der Waals surface area contributed by atoms with Crippen molar-refractivity contribution < 1.29 is 22.7 Å². The van der Waals surface area contributed by atoms with Gasteiger partial charge in [0.05, 0.1) is 26.3 Å². The molecule has 1 N–H and O–H groups in total. The quantitative estimate of drug-likeness (QED) is 0.478. The van der Waals surface area contributed by atoms with Crippen LogP contribution in [0.1, 0.15) is 11.3 Å². The average Bonchev–Trinajstić information content (AvgIpc) is 2.62. The number of nitrogens with zero attached hydrogens (tertiary/aromatic N) is 1. The summed E-state index contributed by atoms with van der Waals surface area (Å²) in [7, 11) is 0. The molecule has 0 aliphatic rings. The van der Waals surface area contributed by atoms with E-state index in [9.17, 15) is 18.0 Å². The first kappa shape index (κ1) is 21.5. The van der Waals surface area contributed by atoms with Crippen LogP contribution in [0.3, 0.4) is 0 Å². The Morgan fingerprint density at radius 3 is 2.48 bits per heavy atom. The van der Waals surface area contributed by atoms with E-state index in [2.05, 4.69) is 10.3 Å². The highest BCUT2D eigenvalue weighted by Crippen LogP contribution is 2.37. The number of hydrogen-bond acceptors (Lipinski definition) is 3. The Labute approximate surface area is 178 Å². The van der Waals surface area contributed by atoms with Crippen molar-refractivity contribution in [2.24, 2.45) is 0 Å². The van der Waals surface area contributed by atoms with Crippen LogP contribution in [0.5, 0.6) is 5.75 Å². The number of halogens is 6. The molecule has 0 saturated heterocycles. The van der Waals surface area contributed by atoms with Gasteiger partial charge in [0.1, 0.15) is 5.52 Å². The summed E-state index contributed by atoms with van der Waals surface area (Å²) in [5.41, 5.74) is -0.0751. The molecule has 152 valence electrons. The summed E-state index contributed by atoms with van der Waals surface area (Å²) < 4.78 is 44.1. The molecule has 0 fully saturated rings. The molecular weight excluding hydrogens is 452 g/mol. The summed E-state index contributed by atoms with van der Waals surface area (Å²) in [4.78, 5) is 16.6. The lowest BCUT2D eigenvalue weighted by Crippen LogP contribution is -2.21. The zero-order chi connectivity index (χ0) is 21.3.